The van der Waals surface area contributed by atoms with Gasteiger partial charge in [0.25, 0.3) is 0 Å². The number of likely N-dealkylation sites (N-methyl/N-ethyl adjacent to an activating group) is 1. The molecule has 0 N–H and O–H groups in total. The minimum absolute atomic E-state index is 0.284. The molecule has 0 spiro atoms. The van der Waals surface area contributed by atoms with Crippen molar-refractivity contribution in [3.8, 4) is 0 Å². The Morgan fingerprint density at radius 2 is 2.00 bits per heavy atom. The first-order valence-corrected chi connectivity index (χ1v) is 4.85. The lowest BCUT2D eigenvalue weighted by Gasteiger charge is -1.98. The van der Waals surface area contributed by atoms with Crippen molar-refractivity contribution in [2.45, 2.75) is 6.92 Å². The molecule has 3 heteroatoms. The van der Waals surface area contributed by atoms with E-state index < -0.39 is 0 Å². The monoisotopic (exact) mass is 203 g/mol. The van der Waals surface area contributed by atoms with E-state index in [-0.39, 0.29) is 6.09 Å². The molecule has 0 atom stereocenters. The second kappa shape index (κ2) is 3.77. The van der Waals surface area contributed by atoms with Gasteiger partial charge < -0.3 is 9.64 Å². The van der Waals surface area contributed by atoms with Crippen LogP contribution in [-0.2, 0) is 4.74 Å². The van der Waals surface area contributed by atoms with Crippen molar-refractivity contribution in [1.82, 2.24) is 4.90 Å². The van der Waals surface area contributed by atoms with E-state index in [0.29, 0.717) is 12.3 Å². The van der Waals surface area contributed by atoms with Crippen molar-refractivity contribution >= 4 is 12.2 Å². The van der Waals surface area contributed by atoms with E-state index in [0.717, 1.165) is 5.56 Å². The van der Waals surface area contributed by atoms with E-state index in [1.807, 2.05) is 37.3 Å². The van der Waals surface area contributed by atoms with Gasteiger partial charge in [0, 0.05) is 7.05 Å². The van der Waals surface area contributed by atoms with Crippen molar-refractivity contribution in [2.24, 2.45) is 0 Å². The highest BCUT2D eigenvalue weighted by Gasteiger charge is 2.22. The number of rotatable bonds is 1. The molecule has 1 amide bonds. The summed E-state index contributed by atoms with van der Waals surface area (Å²) in [5.74, 6) is 0.700. The van der Waals surface area contributed by atoms with Crippen LogP contribution < -0.4 is 0 Å². The molecular formula is C12H13NO2. The highest BCUT2D eigenvalue weighted by atomic mass is 16.6. The van der Waals surface area contributed by atoms with Crippen molar-refractivity contribution in [2.75, 3.05) is 13.6 Å². The first kappa shape index (κ1) is 9.77. The van der Waals surface area contributed by atoms with Gasteiger partial charge in [-0.15, -0.1) is 0 Å². The summed E-state index contributed by atoms with van der Waals surface area (Å²) < 4.78 is 5.06. The van der Waals surface area contributed by atoms with Crippen LogP contribution in [0.3, 0.4) is 0 Å². The second-order valence-corrected chi connectivity index (χ2v) is 3.75. The zero-order valence-electron chi connectivity index (χ0n) is 8.86. The Hall–Kier alpha value is -1.77. The minimum Gasteiger partial charge on any atom is -0.413 e. The van der Waals surface area contributed by atoms with Crippen LogP contribution in [0.1, 0.15) is 11.1 Å². The molecule has 15 heavy (non-hydrogen) atoms. The zero-order chi connectivity index (χ0) is 10.8. The quantitative estimate of drug-likeness (QED) is 0.701. The topological polar surface area (TPSA) is 29.5 Å². The van der Waals surface area contributed by atoms with E-state index in [9.17, 15) is 4.79 Å². The third-order valence-electron chi connectivity index (χ3n) is 2.33. The van der Waals surface area contributed by atoms with E-state index >= 15 is 0 Å². The molecule has 0 radical (unpaired) electrons. The molecule has 0 saturated carbocycles. The molecule has 0 aromatic heterocycles. The van der Waals surface area contributed by atoms with Crippen LogP contribution >= 0.6 is 0 Å². The molecule has 1 heterocycles. The molecule has 1 fully saturated rings. The Bertz CT molecular complexity index is 406. The molecule has 1 aliphatic heterocycles. The smallest absolute Gasteiger partial charge is 0.413 e. The fourth-order valence-corrected chi connectivity index (χ4v) is 1.44. The predicted molar refractivity (Wildman–Crippen MR) is 58.3 cm³/mol. The van der Waals surface area contributed by atoms with Gasteiger partial charge in [-0.05, 0) is 18.6 Å². The molecule has 78 valence electrons. The maximum absolute atomic E-state index is 11.1. The van der Waals surface area contributed by atoms with Gasteiger partial charge in [0.2, 0.25) is 0 Å². The van der Waals surface area contributed by atoms with Crippen LogP contribution in [0.25, 0.3) is 6.08 Å². The van der Waals surface area contributed by atoms with Crippen LogP contribution in [0, 0.1) is 6.92 Å². The fourth-order valence-electron chi connectivity index (χ4n) is 1.44. The van der Waals surface area contributed by atoms with Gasteiger partial charge in [0.05, 0.1) is 6.54 Å². The molecular weight excluding hydrogens is 190 g/mol. The Balaban J connectivity index is 2.17. The summed E-state index contributed by atoms with van der Waals surface area (Å²) in [6.07, 6.45) is 1.61. The first-order chi connectivity index (χ1) is 7.15. The number of carbonyl (C=O) groups is 1. The molecule has 1 aromatic rings. The minimum atomic E-state index is -0.284. The maximum Gasteiger partial charge on any atom is 0.415 e. The number of hydrogen-bond donors (Lipinski definition) is 0. The molecule has 3 nitrogen and oxygen atoms in total. The fraction of sp³-hybridized carbons (Fsp3) is 0.250. The van der Waals surface area contributed by atoms with Gasteiger partial charge in [0.15, 0.2) is 0 Å². The van der Waals surface area contributed by atoms with Crippen LogP contribution in [-0.4, -0.2) is 24.6 Å². The van der Waals surface area contributed by atoms with E-state index in [1.165, 1.54) is 5.56 Å². The maximum atomic E-state index is 11.1. The van der Waals surface area contributed by atoms with Crippen LogP contribution in [0.15, 0.2) is 30.0 Å². The van der Waals surface area contributed by atoms with Crippen molar-refractivity contribution in [3.63, 3.8) is 0 Å². The number of amides is 1. The predicted octanol–water partition coefficient (Wildman–Crippen LogP) is 2.42. The van der Waals surface area contributed by atoms with E-state index in [1.54, 1.807) is 11.9 Å². The lowest BCUT2D eigenvalue weighted by molar-refractivity contribution is 0.175. The number of carbonyl (C=O) groups excluding carboxylic acids is 1. The Morgan fingerprint density at radius 1 is 1.33 bits per heavy atom. The number of aryl methyl sites for hydroxylation is 1. The third kappa shape index (κ3) is 2.18. The first-order valence-electron chi connectivity index (χ1n) is 4.85. The van der Waals surface area contributed by atoms with E-state index in [2.05, 4.69) is 0 Å². The largest absolute Gasteiger partial charge is 0.415 e. The van der Waals surface area contributed by atoms with Crippen molar-refractivity contribution < 1.29 is 9.53 Å². The van der Waals surface area contributed by atoms with Gasteiger partial charge >= 0.3 is 6.09 Å². The lowest BCUT2D eigenvalue weighted by atomic mass is 10.1. The summed E-state index contributed by atoms with van der Waals surface area (Å²) in [4.78, 5) is 12.6. The molecule has 0 aliphatic carbocycles. The lowest BCUT2D eigenvalue weighted by Crippen LogP contribution is -2.17. The molecule has 2 rings (SSSR count). The summed E-state index contributed by atoms with van der Waals surface area (Å²) in [6.45, 7) is 2.59. The summed E-state index contributed by atoms with van der Waals surface area (Å²) in [6, 6.07) is 8.09. The molecule has 1 saturated heterocycles. The average molecular weight is 203 g/mol. The molecule has 1 aromatic carbocycles. The highest BCUT2D eigenvalue weighted by molar-refractivity contribution is 5.73. The number of ether oxygens (including phenoxy) is 1. The second-order valence-electron chi connectivity index (χ2n) is 3.75. The van der Waals surface area contributed by atoms with Gasteiger partial charge in [-0.25, -0.2) is 4.79 Å². The summed E-state index contributed by atoms with van der Waals surface area (Å²) >= 11 is 0. The van der Waals surface area contributed by atoms with Crippen LogP contribution in [0.2, 0.25) is 0 Å². The number of benzene rings is 1. The third-order valence-corrected chi connectivity index (χ3v) is 2.33. The number of cyclic esters (lactones) is 1. The van der Waals surface area contributed by atoms with Crippen molar-refractivity contribution in [3.05, 3.63) is 41.2 Å². The normalized spacial score (nSPS) is 18.4. The number of nitrogens with zero attached hydrogens (tertiary/aromatic N) is 1. The molecule has 0 unspecified atom stereocenters. The van der Waals surface area contributed by atoms with Crippen LogP contribution in [0.5, 0.6) is 0 Å². The standard InChI is InChI=1S/C12H13NO2/c1-9-3-5-10(6-4-9)7-11-8-13(2)12(14)15-11/h3-7H,8H2,1-2H3/b11-7+. The summed E-state index contributed by atoms with van der Waals surface area (Å²) in [7, 11) is 1.72. The SMILES string of the molecule is Cc1ccc(/C=C2\CN(C)C(=O)O2)cc1. The zero-order valence-corrected chi connectivity index (χ0v) is 8.86. The molecule has 0 bridgehead atoms. The van der Waals surface area contributed by atoms with Gasteiger partial charge in [-0.1, -0.05) is 29.8 Å². The van der Waals surface area contributed by atoms with Crippen molar-refractivity contribution in [1.29, 1.82) is 0 Å². The summed E-state index contributed by atoms with van der Waals surface area (Å²) in [5, 5.41) is 0. The van der Waals surface area contributed by atoms with Crippen LogP contribution in [0.4, 0.5) is 4.79 Å². The van der Waals surface area contributed by atoms with Gasteiger partial charge in [0.1, 0.15) is 5.76 Å². The van der Waals surface area contributed by atoms with E-state index in [4.69, 9.17) is 4.74 Å². The number of hydrogen-bond acceptors (Lipinski definition) is 2. The highest BCUT2D eigenvalue weighted by Crippen LogP contribution is 2.16. The van der Waals surface area contributed by atoms with Gasteiger partial charge in [-0.2, -0.15) is 0 Å². The Morgan fingerprint density at radius 3 is 2.53 bits per heavy atom. The van der Waals surface area contributed by atoms with Gasteiger partial charge in [-0.3, -0.25) is 0 Å². The molecule has 1 aliphatic rings. The Kier molecular flexibility index (Phi) is 2.46. The Labute approximate surface area is 89.0 Å². The average Bonchev–Trinajstić information content (AvgIpc) is 2.50. The summed E-state index contributed by atoms with van der Waals surface area (Å²) in [5.41, 5.74) is 2.27.